The third kappa shape index (κ3) is 2.41. The molecule has 0 spiro atoms. The van der Waals surface area contributed by atoms with Gasteiger partial charge in [0.15, 0.2) is 5.78 Å². The molecule has 1 rings (SSSR count). The molecule has 0 aliphatic heterocycles. The molecule has 0 unspecified atom stereocenters. The van der Waals surface area contributed by atoms with E-state index in [1.165, 1.54) is 20.8 Å². The number of carbonyl (C=O) groups excluding carboxylic acids is 3. The summed E-state index contributed by atoms with van der Waals surface area (Å²) in [6.07, 6.45) is 0. The zero-order valence-corrected chi connectivity index (χ0v) is 10.5. The summed E-state index contributed by atoms with van der Waals surface area (Å²) in [6.45, 7) is 5.86. The summed E-state index contributed by atoms with van der Waals surface area (Å²) in [6, 6.07) is 0. The SMILES string of the molecule is CC(=O)c1sc(C(C(C)=O)C(C)=O)nc1C. The second-order valence-corrected chi connectivity index (χ2v) is 4.71. The van der Waals surface area contributed by atoms with Crippen molar-refractivity contribution in [1.29, 1.82) is 0 Å². The smallest absolute Gasteiger partial charge is 0.171 e. The first-order chi connectivity index (χ1) is 7.34. The van der Waals surface area contributed by atoms with E-state index < -0.39 is 5.92 Å². The second-order valence-electron chi connectivity index (χ2n) is 3.68. The highest BCUT2D eigenvalue weighted by molar-refractivity contribution is 7.14. The summed E-state index contributed by atoms with van der Waals surface area (Å²) < 4.78 is 0. The van der Waals surface area contributed by atoms with Crippen LogP contribution in [0.25, 0.3) is 0 Å². The first kappa shape index (κ1) is 12.7. The first-order valence-corrected chi connectivity index (χ1v) is 5.65. The zero-order valence-electron chi connectivity index (χ0n) is 9.66. The van der Waals surface area contributed by atoms with Gasteiger partial charge in [0.2, 0.25) is 0 Å². The molecule has 0 aromatic carbocycles. The largest absolute Gasteiger partial charge is 0.299 e. The van der Waals surface area contributed by atoms with Crippen LogP contribution in [0.2, 0.25) is 0 Å². The lowest BCUT2D eigenvalue weighted by Gasteiger charge is -2.04. The van der Waals surface area contributed by atoms with E-state index in [1.54, 1.807) is 6.92 Å². The number of aryl methyl sites for hydroxylation is 1. The number of ketones is 3. The quantitative estimate of drug-likeness (QED) is 0.594. The molecule has 0 radical (unpaired) electrons. The molecular formula is C11H13NO3S. The molecule has 0 bridgehead atoms. The van der Waals surface area contributed by atoms with Crippen molar-refractivity contribution in [1.82, 2.24) is 4.98 Å². The first-order valence-electron chi connectivity index (χ1n) is 4.83. The number of aromatic nitrogens is 1. The Kier molecular flexibility index (Phi) is 3.70. The highest BCUT2D eigenvalue weighted by atomic mass is 32.1. The molecule has 86 valence electrons. The summed E-state index contributed by atoms with van der Waals surface area (Å²) in [5.74, 6) is -1.39. The van der Waals surface area contributed by atoms with Crippen LogP contribution in [0.15, 0.2) is 0 Å². The van der Waals surface area contributed by atoms with Crippen molar-refractivity contribution in [2.75, 3.05) is 0 Å². The van der Waals surface area contributed by atoms with Gasteiger partial charge in [-0.2, -0.15) is 0 Å². The van der Waals surface area contributed by atoms with Crippen LogP contribution in [0, 0.1) is 6.92 Å². The summed E-state index contributed by atoms with van der Waals surface area (Å²) in [5, 5.41) is 0.419. The maximum absolute atomic E-state index is 11.3. The molecule has 0 fully saturated rings. The van der Waals surface area contributed by atoms with Crippen LogP contribution in [0.5, 0.6) is 0 Å². The number of carbonyl (C=O) groups is 3. The Hall–Kier alpha value is -1.36. The molecule has 0 aliphatic carbocycles. The van der Waals surface area contributed by atoms with Crippen LogP contribution >= 0.6 is 11.3 Å². The maximum Gasteiger partial charge on any atom is 0.171 e. The summed E-state index contributed by atoms with van der Waals surface area (Å²) in [7, 11) is 0. The Morgan fingerprint density at radius 3 is 1.94 bits per heavy atom. The minimum Gasteiger partial charge on any atom is -0.299 e. The molecule has 0 saturated carbocycles. The third-order valence-corrected chi connectivity index (χ3v) is 3.52. The number of nitrogens with zero attached hydrogens (tertiary/aromatic N) is 1. The number of rotatable bonds is 4. The highest BCUT2D eigenvalue weighted by Crippen LogP contribution is 2.26. The molecule has 16 heavy (non-hydrogen) atoms. The van der Waals surface area contributed by atoms with Gasteiger partial charge in [-0.25, -0.2) is 4.98 Å². The van der Waals surface area contributed by atoms with Crippen LogP contribution in [-0.4, -0.2) is 22.3 Å². The van der Waals surface area contributed by atoms with E-state index >= 15 is 0 Å². The Labute approximate surface area is 97.7 Å². The van der Waals surface area contributed by atoms with E-state index in [2.05, 4.69) is 4.98 Å². The Balaban J connectivity index is 3.22. The Bertz CT molecular complexity index is 448. The van der Waals surface area contributed by atoms with Crippen molar-refractivity contribution >= 4 is 28.7 Å². The summed E-state index contributed by atoms with van der Waals surface area (Å²) >= 11 is 1.13. The van der Waals surface area contributed by atoms with Crippen LogP contribution in [0.4, 0.5) is 0 Å². The number of hydrogen-bond donors (Lipinski definition) is 0. The minimum atomic E-state index is -0.822. The average molecular weight is 239 g/mol. The van der Waals surface area contributed by atoms with E-state index in [1.807, 2.05) is 0 Å². The van der Waals surface area contributed by atoms with Crippen LogP contribution in [-0.2, 0) is 9.59 Å². The van der Waals surface area contributed by atoms with Crippen molar-refractivity contribution in [2.45, 2.75) is 33.6 Å². The van der Waals surface area contributed by atoms with E-state index in [-0.39, 0.29) is 17.3 Å². The van der Waals surface area contributed by atoms with Gasteiger partial charge in [0.25, 0.3) is 0 Å². The zero-order chi connectivity index (χ0) is 12.5. The average Bonchev–Trinajstić information content (AvgIpc) is 2.45. The number of hydrogen-bond acceptors (Lipinski definition) is 5. The molecule has 4 nitrogen and oxygen atoms in total. The molecule has 0 atom stereocenters. The lowest BCUT2D eigenvalue weighted by atomic mass is 10.0. The second kappa shape index (κ2) is 4.65. The molecule has 0 saturated heterocycles. The Morgan fingerprint density at radius 2 is 1.62 bits per heavy atom. The van der Waals surface area contributed by atoms with Crippen molar-refractivity contribution in [3.63, 3.8) is 0 Å². The number of Topliss-reactive ketones (excluding diaryl/α,β-unsaturated/α-hetero) is 3. The fraction of sp³-hybridized carbons (Fsp3) is 0.455. The molecule has 0 aliphatic rings. The maximum atomic E-state index is 11.3. The van der Waals surface area contributed by atoms with Gasteiger partial charge in [-0.1, -0.05) is 0 Å². The highest BCUT2D eigenvalue weighted by Gasteiger charge is 2.26. The van der Waals surface area contributed by atoms with Crippen molar-refractivity contribution in [2.24, 2.45) is 0 Å². The molecule has 1 aromatic heterocycles. The van der Waals surface area contributed by atoms with Gasteiger partial charge in [-0.15, -0.1) is 11.3 Å². The van der Waals surface area contributed by atoms with E-state index in [0.29, 0.717) is 15.6 Å². The van der Waals surface area contributed by atoms with Crippen LogP contribution < -0.4 is 0 Å². The molecule has 0 N–H and O–H groups in total. The summed E-state index contributed by atoms with van der Waals surface area (Å²) in [5.41, 5.74) is 0.583. The summed E-state index contributed by atoms with van der Waals surface area (Å²) in [4.78, 5) is 38.6. The van der Waals surface area contributed by atoms with Crippen molar-refractivity contribution in [3.05, 3.63) is 15.6 Å². The molecule has 1 heterocycles. The minimum absolute atomic E-state index is 0.0906. The van der Waals surface area contributed by atoms with Gasteiger partial charge >= 0.3 is 0 Å². The standard InChI is InChI=1S/C11H13NO3S/c1-5-10(8(4)15)16-11(12-5)9(6(2)13)7(3)14/h9H,1-4H3. The molecule has 5 heteroatoms. The van der Waals surface area contributed by atoms with Crippen LogP contribution in [0.1, 0.15) is 47.1 Å². The number of thiazole rings is 1. The van der Waals surface area contributed by atoms with Gasteiger partial charge in [-0.05, 0) is 20.8 Å². The fourth-order valence-electron chi connectivity index (χ4n) is 1.50. The van der Waals surface area contributed by atoms with E-state index in [0.717, 1.165) is 11.3 Å². The van der Waals surface area contributed by atoms with Gasteiger partial charge in [0.05, 0.1) is 10.6 Å². The lowest BCUT2D eigenvalue weighted by Crippen LogP contribution is -2.16. The molecular weight excluding hydrogens is 226 g/mol. The van der Waals surface area contributed by atoms with Crippen molar-refractivity contribution < 1.29 is 14.4 Å². The predicted octanol–water partition coefficient (Wildman–Crippen LogP) is 1.92. The molecule has 1 aromatic rings. The predicted molar refractivity (Wildman–Crippen MR) is 61.0 cm³/mol. The van der Waals surface area contributed by atoms with Gasteiger partial charge in [-0.3, -0.25) is 14.4 Å². The van der Waals surface area contributed by atoms with Gasteiger partial charge < -0.3 is 0 Å². The van der Waals surface area contributed by atoms with Crippen LogP contribution in [0.3, 0.4) is 0 Å². The van der Waals surface area contributed by atoms with Gasteiger partial charge in [0, 0.05) is 6.92 Å². The Morgan fingerprint density at radius 1 is 1.12 bits per heavy atom. The lowest BCUT2D eigenvalue weighted by molar-refractivity contribution is -0.126. The van der Waals surface area contributed by atoms with E-state index in [4.69, 9.17) is 0 Å². The fourth-order valence-corrected chi connectivity index (χ4v) is 2.68. The third-order valence-electron chi connectivity index (χ3n) is 2.19. The molecule has 0 amide bonds. The normalized spacial score (nSPS) is 10.6. The van der Waals surface area contributed by atoms with Crippen molar-refractivity contribution in [3.8, 4) is 0 Å². The van der Waals surface area contributed by atoms with E-state index in [9.17, 15) is 14.4 Å². The topological polar surface area (TPSA) is 64.1 Å². The monoisotopic (exact) mass is 239 g/mol. The van der Waals surface area contributed by atoms with Gasteiger partial charge in [0.1, 0.15) is 22.5 Å².